The summed E-state index contributed by atoms with van der Waals surface area (Å²) in [6.07, 6.45) is 0.535. The average molecular weight is 213 g/mol. The molecule has 0 aliphatic carbocycles. The second-order valence-electron chi connectivity index (χ2n) is 2.84. The zero-order valence-electron chi connectivity index (χ0n) is 8.14. The van der Waals surface area contributed by atoms with E-state index >= 15 is 0 Å². The summed E-state index contributed by atoms with van der Waals surface area (Å²) in [5.41, 5.74) is 8.02. The zero-order valence-corrected chi connectivity index (χ0v) is 8.14. The quantitative estimate of drug-likeness (QED) is 0.341. The molecular weight excluding hydrogens is 202 g/mol. The van der Waals surface area contributed by atoms with Gasteiger partial charge in [-0.05, 0) is 6.42 Å². The van der Waals surface area contributed by atoms with Crippen LogP contribution in [0.5, 0.6) is 0 Å². The van der Waals surface area contributed by atoms with Gasteiger partial charge in [0.05, 0.1) is 0 Å². The summed E-state index contributed by atoms with van der Waals surface area (Å²) >= 11 is 0. The Morgan fingerprint density at radius 1 is 1.53 bits per heavy atom. The Bertz CT molecular complexity index is 320. The summed E-state index contributed by atoms with van der Waals surface area (Å²) in [7, 11) is 0. The van der Waals surface area contributed by atoms with Crippen molar-refractivity contribution in [2.24, 2.45) is 0 Å². The van der Waals surface area contributed by atoms with Crippen molar-refractivity contribution in [1.29, 1.82) is 0 Å². The minimum absolute atomic E-state index is 0.0419. The maximum atomic E-state index is 10.8. The molecule has 0 aliphatic rings. The van der Waals surface area contributed by atoms with E-state index in [4.69, 9.17) is 10.6 Å². The number of hydrogen-bond donors (Lipinski definition) is 2. The number of carboxylic acids is 1. The van der Waals surface area contributed by atoms with Gasteiger partial charge < -0.3 is 16.0 Å². The molecule has 0 saturated carbocycles. The van der Waals surface area contributed by atoms with Gasteiger partial charge in [-0.15, -0.1) is 0 Å². The molecule has 0 radical (unpaired) electrons. The number of hydrogen-bond acceptors (Lipinski definition) is 3. The van der Waals surface area contributed by atoms with Crippen molar-refractivity contribution in [2.45, 2.75) is 25.8 Å². The van der Waals surface area contributed by atoms with Gasteiger partial charge in [0.2, 0.25) is 11.7 Å². The van der Waals surface area contributed by atoms with Gasteiger partial charge >= 0.3 is 12.2 Å². The van der Waals surface area contributed by atoms with E-state index in [1.807, 2.05) is 0 Å². The molecule has 0 rings (SSSR count). The number of nitrogens with zero attached hydrogens (tertiary/aromatic N) is 2. The van der Waals surface area contributed by atoms with Gasteiger partial charge in [-0.25, -0.2) is 4.79 Å². The van der Waals surface area contributed by atoms with Crippen LogP contribution in [-0.4, -0.2) is 39.8 Å². The zero-order chi connectivity index (χ0) is 11.8. The first-order valence-corrected chi connectivity index (χ1v) is 4.17. The molecule has 0 heterocycles. The lowest BCUT2D eigenvalue weighted by Crippen LogP contribution is -2.39. The highest BCUT2D eigenvalue weighted by atomic mass is 16.4. The molecule has 0 fully saturated rings. The Hall–Kier alpha value is -2.01. The Morgan fingerprint density at radius 2 is 2.13 bits per heavy atom. The van der Waals surface area contributed by atoms with Gasteiger partial charge in [-0.2, -0.15) is 4.79 Å². The summed E-state index contributed by atoms with van der Waals surface area (Å²) in [5, 5.41) is 10.8. The SMILES string of the molecule is CC(=O)N[C@@H](CCC(=O)C=[N+]=[N-])C(=O)O. The van der Waals surface area contributed by atoms with Crippen LogP contribution in [-0.2, 0) is 14.4 Å². The fourth-order valence-electron chi connectivity index (χ4n) is 0.918. The number of rotatable bonds is 6. The Balaban J connectivity index is 4.18. The first-order chi connectivity index (χ1) is 6.97. The Labute approximate surface area is 85.7 Å². The molecule has 0 unspecified atom stereocenters. The van der Waals surface area contributed by atoms with Crippen molar-refractivity contribution in [3.05, 3.63) is 5.53 Å². The minimum atomic E-state index is -1.21. The van der Waals surface area contributed by atoms with E-state index in [1.165, 1.54) is 6.92 Å². The van der Waals surface area contributed by atoms with Gasteiger partial charge in [-0.3, -0.25) is 9.59 Å². The molecule has 0 aliphatic heterocycles. The summed E-state index contributed by atoms with van der Waals surface area (Å²) in [6, 6.07) is -1.10. The third kappa shape index (κ3) is 6.11. The van der Waals surface area contributed by atoms with Crippen molar-refractivity contribution >= 4 is 23.9 Å². The smallest absolute Gasteiger partial charge is 0.326 e. The molecule has 1 atom stereocenters. The van der Waals surface area contributed by atoms with Crippen LogP contribution in [0.25, 0.3) is 5.53 Å². The van der Waals surface area contributed by atoms with E-state index in [0.717, 1.165) is 0 Å². The number of aliphatic carboxylic acids is 1. The molecular formula is C8H11N3O4. The van der Waals surface area contributed by atoms with Crippen LogP contribution in [0, 0.1) is 0 Å². The fraction of sp³-hybridized carbons (Fsp3) is 0.500. The summed E-state index contributed by atoms with van der Waals surface area (Å²) in [6.45, 7) is 1.19. The predicted octanol–water partition coefficient (Wildman–Crippen LogP) is -0.774. The molecule has 0 aromatic rings. The summed E-state index contributed by atoms with van der Waals surface area (Å²) < 4.78 is 0. The van der Waals surface area contributed by atoms with Crippen molar-refractivity contribution in [1.82, 2.24) is 5.32 Å². The Morgan fingerprint density at radius 3 is 2.53 bits per heavy atom. The average Bonchev–Trinajstić information content (AvgIpc) is 2.11. The number of Topliss-reactive ketones (excluding diaryl/α,β-unsaturated/α-hetero) is 1. The largest absolute Gasteiger partial charge is 0.480 e. The standard InChI is InChI=1S/C8H11N3O4/c1-5(12)11-7(8(14)15)3-2-6(13)4-10-9/h4,7H,2-3H2,1H3,(H,11,12)(H,14,15)/t7-/m0/s1. The minimum Gasteiger partial charge on any atom is -0.480 e. The van der Waals surface area contributed by atoms with Gasteiger partial charge in [0, 0.05) is 13.3 Å². The van der Waals surface area contributed by atoms with Crippen LogP contribution in [0.1, 0.15) is 19.8 Å². The molecule has 7 heteroatoms. The number of carbonyl (C=O) groups excluding carboxylic acids is 2. The molecule has 2 N–H and O–H groups in total. The third-order valence-corrected chi connectivity index (χ3v) is 1.56. The first-order valence-electron chi connectivity index (χ1n) is 4.17. The molecule has 1 amide bonds. The maximum absolute atomic E-state index is 10.8. The van der Waals surface area contributed by atoms with Crippen molar-refractivity contribution in [3.8, 4) is 0 Å². The number of carbonyl (C=O) groups is 3. The summed E-state index contributed by atoms with van der Waals surface area (Å²) in [4.78, 5) is 34.6. The van der Waals surface area contributed by atoms with E-state index in [-0.39, 0.29) is 12.8 Å². The molecule has 7 nitrogen and oxygen atoms in total. The van der Waals surface area contributed by atoms with Crippen LogP contribution in [0.3, 0.4) is 0 Å². The Kier molecular flexibility index (Phi) is 5.58. The highest BCUT2D eigenvalue weighted by Gasteiger charge is 2.19. The highest BCUT2D eigenvalue weighted by Crippen LogP contribution is 1.98. The normalized spacial score (nSPS) is 11.0. The second-order valence-corrected chi connectivity index (χ2v) is 2.84. The van der Waals surface area contributed by atoms with Crippen LogP contribution >= 0.6 is 0 Å². The monoisotopic (exact) mass is 213 g/mol. The molecule has 15 heavy (non-hydrogen) atoms. The molecule has 0 bridgehead atoms. The second kappa shape index (κ2) is 6.44. The number of nitrogens with one attached hydrogen (secondary N) is 1. The molecule has 82 valence electrons. The van der Waals surface area contributed by atoms with Crippen molar-refractivity contribution in [3.63, 3.8) is 0 Å². The topological polar surface area (TPSA) is 120 Å². The van der Waals surface area contributed by atoms with Crippen LogP contribution in [0.15, 0.2) is 0 Å². The molecule has 0 aromatic heterocycles. The van der Waals surface area contributed by atoms with Crippen molar-refractivity contribution < 1.29 is 24.3 Å². The highest BCUT2D eigenvalue weighted by molar-refractivity contribution is 6.25. The van der Waals surface area contributed by atoms with E-state index in [2.05, 4.69) is 10.1 Å². The first kappa shape index (κ1) is 13.0. The van der Waals surface area contributed by atoms with E-state index < -0.39 is 23.7 Å². The van der Waals surface area contributed by atoms with Crippen molar-refractivity contribution in [2.75, 3.05) is 0 Å². The number of amides is 1. The van der Waals surface area contributed by atoms with E-state index in [0.29, 0.717) is 6.21 Å². The number of carboxylic acid groups (broad SMARTS) is 1. The van der Waals surface area contributed by atoms with Crippen LogP contribution < -0.4 is 5.32 Å². The predicted molar refractivity (Wildman–Crippen MR) is 49.2 cm³/mol. The molecule has 0 aromatic carbocycles. The van der Waals surface area contributed by atoms with Gasteiger partial charge in [-0.1, -0.05) is 0 Å². The van der Waals surface area contributed by atoms with E-state index in [1.54, 1.807) is 0 Å². The van der Waals surface area contributed by atoms with Crippen LogP contribution in [0.4, 0.5) is 0 Å². The van der Waals surface area contributed by atoms with E-state index in [9.17, 15) is 14.4 Å². The van der Waals surface area contributed by atoms with Gasteiger partial charge in [0.15, 0.2) is 0 Å². The van der Waals surface area contributed by atoms with Gasteiger partial charge in [0.1, 0.15) is 6.04 Å². The summed E-state index contributed by atoms with van der Waals surface area (Å²) in [5.74, 6) is -2.20. The fourth-order valence-corrected chi connectivity index (χ4v) is 0.918. The molecule has 0 saturated heterocycles. The van der Waals surface area contributed by atoms with Gasteiger partial charge in [0.25, 0.3) is 0 Å². The third-order valence-electron chi connectivity index (χ3n) is 1.56. The lowest BCUT2D eigenvalue weighted by atomic mass is 10.1. The number of ketones is 1. The molecule has 0 spiro atoms. The van der Waals surface area contributed by atoms with Crippen LogP contribution in [0.2, 0.25) is 0 Å². The lowest BCUT2D eigenvalue weighted by Gasteiger charge is -2.10. The lowest BCUT2D eigenvalue weighted by molar-refractivity contribution is -0.141. The maximum Gasteiger partial charge on any atom is 0.326 e.